The number of anilines is 1. The third kappa shape index (κ3) is 3.39. The fourth-order valence-electron chi connectivity index (χ4n) is 2.15. The summed E-state index contributed by atoms with van der Waals surface area (Å²) in [5.74, 6) is 1.72. The highest BCUT2D eigenvalue weighted by molar-refractivity contribution is 6.29. The monoisotopic (exact) mass is 296 g/mol. The van der Waals surface area contributed by atoms with E-state index < -0.39 is 0 Å². The number of piperazine rings is 1. The number of amides is 1. The zero-order chi connectivity index (χ0) is 14.9. The van der Waals surface area contributed by atoms with Crippen LogP contribution in [0.25, 0.3) is 0 Å². The molecule has 2 rings (SSSR count). The van der Waals surface area contributed by atoms with Crippen molar-refractivity contribution >= 4 is 23.3 Å². The first kappa shape index (κ1) is 15.0. The van der Waals surface area contributed by atoms with E-state index in [0.29, 0.717) is 5.15 Å². The number of hydrogen-bond donors (Lipinski definition) is 0. The van der Waals surface area contributed by atoms with Gasteiger partial charge in [-0.3, -0.25) is 4.79 Å². The van der Waals surface area contributed by atoms with Crippen molar-refractivity contribution in [2.75, 3.05) is 31.1 Å². The van der Waals surface area contributed by atoms with Crippen molar-refractivity contribution in [3.63, 3.8) is 0 Å². The van der Waals surface area contributed by atoms with Crippen LogP contribution in [0.2, 0.25) is 5.15 Å². The number of halogens is 1. The molecule has 0 N–H and O–H groups in total. The number of aromatic nitrogens is 2. The molecule has 0 spiro atoms. The SMILES string of the molecule is CC(=O)N1CCN(c2cc(Cl)nc(C(C)(C)C)n2)CC1. The molecule has 0 atom stereocenters. The van der Waals surface area contributed by atoms with Gasteiger partial charge >= 0.3 is 0 Å². The largest absolute Gasteiger partial charge is 0.353 e. The predicted molar refractivity (Wildman–Crippen MR) is 80.2 cm³/mol. The van der Waals surface area contributed by atoms with Crippen LogP contribution in [0.3, 0.4) is 0 Å². The van der Waals surface area contributed by atoms with E-state index in [1.807, 2.05) is 4.90 Å². The fourth-order valence-corrected chi connectivity index (χ4v) is 2.33. The normalized spacial score (nSPS) is 16.4. The molecule has 110 valence electrons. The first-order valence-electron chi connectivity index (χ1n) is 6.83. The van der Waals surface area contributed by atoms with Gasteiger partial charge in [0.2, 0.25) is 5.91 Å². The molecule has 6 heteroatoms. The average Bonchev–Trinajstić information content (AvgIpc) is 2.37. The van der Waals surface area contributed by atoms with Crippen LogP contribution < -0.4 is 4.90 Å². The lowest BCUT2D eigenvalue weighted by atomic mass is 9.96. The summed E-state index contributed by atoms with van der Waals surface area (Å²) in [5, 5.41) is 0.467. The van der Waals surface area contributed by atoms with Crippen molar-refractivity contribution in [2.24, 2.45) is 0 Å². The van der Waals surface area contributed by atoms with Crippen LogP contribution >= 0.6 is 11.6 Å². The van der Waals surface area contributed by atoms with Gasteiger partial charge in [-0.15, -0.1) is 0 Å². The first-order valence-corrected chi connectivity index (χ1v) is 7.20. The minimum Gasteiger partial charge on any atom is -0.353 e. The topological polar surface area (TPSA) is 49.3 Å². The van der Waals surface area contributed by atoms with E-state index in [4.69, 9.17) is 11.6 Å². The zero-order valence-electron chi connectivity index (χ0n) is 12.5. The van der Waals surface area contributed by atoms with Gasteiger partial charge in [-0.1, -0.05) is 32.4 Å². The van der Waals surface area contributed by atoms with E-state index in [1.165, 1.54) is 0 Å². The van der Waals surface area contributed by atoms with Gasteiger partial charge in [-0.25, -0.2) is 9.97 Å². The van der Waals surface area contributed by atoms with E-state index in [2.05, 4.69) is 35.6 Å². The Hall–Kier alpha value is -1.36. The summed E-state index contributed by atoms with van der Waals surface area (Å²) in [7, 11) is 0. The van der Waals surface area contributed by atoms with Gasteiger partial charge < -0.3 is 9.80 Å². The molecule has 0 aliphatic carbocycles. The fraction of sp³-hybridized carbons (Fsp3) is 0.643. The predicted octanol–water partition coefficient (Wildman–Crippen LogP) is 2.10. The third-order valence-corrected chi connectivity index (χ3v) is 3.59. The van der Waals surface area contributed by atoms with Crippen LogP contribution in [0.4, 0.5) is 5.82 Å². The number of carbonyl (C=O) groups is 1. The van der Waals surface area contributed by atoms with Gasteiger partial charge in [0.1, 0.15) is 16.8 Å². The maximum atomic E-state index is 11.3. The Labute approximate surface area is 124 Å². The summed E-state index contributed by atoms with van der Waals surface area (Å²) < 4.78 is 0. The Bertz CT molecular complexity index is 504. The van der Waals surface area contributed by atoms with E-state index in [0.717, 1.165) is 37.8 Å². The molecule has 1 aliphatic heterocycles. The van der Waals surface area contributed by atoms with Crippen LogP contribution in [0.1, 0.15) is 33.5 Å². The Morgan fingerprint density at radius 1 is 1.20 bits per heavy atom. The molecular weight excluding hydrogens is 276 g/mol. The molecule has 1 aliphatic rings. The van der Waals surface area contributed by atoms with E-state index in [9.17, 15) is 4.79 Å². The molecule has 0 unspecified atom stereocenters. The maximum Gasteiger partial charge on any atom is 0.219 e. The quantitative estimate of drug-likeness (QED) is 0.745. The minimum atomic E-state index is -0.138. The molecule has 1 aromatic heterocycles. The molecular formula is C14H21ClN4O. The van der Waals surface area contributed by atoms with Crippen LogP contribution in [-0.4, -0.2) is 47.0 Å². The van der Waals surface area contributed by atoms with Gasteiger partial charge in [0.05, 0.1) is 0 Å². The number of carbonyl (C=O) groups excluding carboxylic acids is 1. The Balaban J connectivity index is 2.18. The summed E-state index contributed by atoms with van der Waals surface area (Å²) in [5.41, 5.74) is -0.138. The van der Waals surface area contributed by atoms with Crippen molar-refractivity contribution in [3.05, 3.63) is 17.0 Å². The Kier molecular flexibility index (Phi) is 4.18. The highest BCUT2D eigenvalue weighted by Crippen LogP contribution is 2.24. The number of rotatable bonds is 1. The standard InChI is InChI=1S/C14H21ClN4O/c1-10(20)18-5-7-19(8-6-18)12-9-11(15)16-13(17-12)14(2,3)4/h9H,5-8H2,1-4H3. The number of nitrogens with zero attached hydrogens (tertiary/aromatic N) is 4. The van der Waals surface area contributed by atoms with Crippen LogP contribution in [0.15, 0.2) is 6.07 Å². The number of hydrogen-bond acceptors (Lipinski definition) is 4. The van der Waals surface area contributed by atoms with Crippen LogP contribution in [0.5, 0.6) is 0 Å². The maximum absolute atomic E-state index is 11.3. The molecule has 1 amide bonds. The summed E-state index contributed by atoms with van der Waals surface area (Å²) in [4.78, 5) is 24.3. The van der Waals surface area contributed by atoms with Gasteiger partial charge in [0, 0.05) is 44.6 Å². The molecule has 1 fully saturated rings. The molecule has 2 heterocycles. The van der Waals surface area contributed by atoms with Crippen molar-refractivity contribution in [2.45, 2.75) is 33.1 Å². The van der Waals surface area contributed by atoms with Crippen molar-refractivity contribution in [1.82, 2.24) is 14.9 Å². The Morgan fingerprint density at radius 2 is 1.80 bits per heavy atom. The molecule has 20 heavy (non-hydrogen) atoms. The lowest BCUT2D eigenvalue weighted by Crippen LogP contribution is -2.48. The molecule has 0 bridgehead atoms. The van der Waals surface area contributed by atoms with Crippen molar-refractivity contribution in [3.8, 4) is 0 Å². The van der Waals surface area contributed by atoms with Gasteiger partial charge in [0.25, 0.3) is 0 Å². The highest BCUT2D eigenvalue weighted by Gasteiger charge is 2.23. The second kappa shape index (κ2) is 5.56. The minimum absolute atomic E-state index is 0.126. The van der Waals surface area contributed by atoms with E-state index >= 15 is 0 Å². The second-order valence-corrected chi connectivity index (χ2v) is 6.50. The van der Waals surface area contributed by atoms with Gasteiger partial charge in [-0.05, 0) is 0 Å². The molecule has 0 aromatic carbocycles. The lowest BCUT2D eigenvalue weighted by molar-refractivity contribution is -0.129. The zero-order valence-corrected chi connectivity index (χ0v) is 13.2. The smallest absolute Gasteiger partial charge is 0.219 e. The molecule has 0 saturated carbocycles. The summed E-state index contributed by atoms with van der Waals surface area (Å²) in [6.45, 7) is 10.8. The Morgan fingerprint density at radius 3 is 2.30 bits per heavy atom. The van der Waals surface area contributed by atoms with Crippen molar-refractivity contribution in [1.29, 1.82) is 0 Å². The molecule has 0 radical (unpaired) electrons. The average molecular weight is 297 g/mol. The lowest BCUT2D eigenvalue weighted by Gasteiger charge is -2.35. The van der Waals surface area contributed by atoms with Gasteiger partial charge in [0.15, 0.2) is 0 Å². The third-order valence-electron chi connectivity index (χ3n) is 3.40. The summed E-state index contributed by atoms with van der Waals surface area (Å²) in [6.07, 6.45) is 0. The van der Waals surface area contributed by atoms with E-state index in [-0.39, 0.29) is 11.3 Å². The summed E-state index contributed by atoms with van der Waals surface area (Å²) in [6, 6.07) is 1.79. The molecule has 5 nitrogen and oxygen atoms in total. The highest BCUT2D eigenvalue weighted by atomic mass is 35.5. The molecule has 1 saturated heterocycles. The summed E-state index contributed by atoms with van der Waals surface area (Å²) >= 11 is 6.11. The van der Waals surface area contributed by atoms with Crippen LogP contribution in [-0.2, 0) is 10.2 Å². The first-order chi connectivity index (χ1) is 9.27. The van der Waals surface area contributed by atoms with E-state index in [1.54, 1.807) is 13.0 Å². The van der Waals surface area contributed by atoms with Crippen molar-refractivity contribution < 1.29 is 4.79 Å². The second-order valence-electron chi connectivity index (χ2n) is 6.12. The molecule has 1 aromatic rings. The van der Waals surface area contributed by atoms with Crippen LogP contribution in [0, 0.1) is 0 Å². The van der Waals surface area contributed by atoms with Gasteiger partial charge in [-0.2, -0.15) is 0 Å².